The summed E-state index contributed by atoms with van der Waals surface area (Å²) in [7, 11) is 5.01. The van der Waals surface area contributed by atoms with Gasteiger partial charge in [0.25, 0.3) is 0 Å². The van der Waals surface area contributed by atoms with Crippen molar-refractivity contribution in [3.05, 3.63) is 23.8 Å². The van der Waals surface area contributed by atoms with Crippen molar-refractivity contribution in [3.63, 3.8) is 0 Å². The molecule has 1 aromatic rings. The molecule has 1 rings (SSSR count). The molecule has 1 aromatic carbocycles. The third-order valence-electron chi connectivity index (χ3n) is 3.90. The van der Waals surface area contributed by atoms with E-state index in [1.54, 1.807) is 21.3 Å². The van der Waals surface area contributed by atoms with E-state index < -0.39 is 0 Å². The number of benzene rings is 1. The number of nitrogens with zero attached hydrogens (tertiary/aromatic N) is 1. The van der Waals surface area contributed by atoms with Gasteiger partial charge in [0.1, 0.15) is 0 Å². The number of aryl methyl sites for hydroxylation is 1. The quantitative estimate of drug-likeness (QED) is 0.234. The molecule has 0 aliphatic carbocycles. The van der Waals surface area contributed by atoms with Gasteiger partial charge in [-0.2, -0.15) is 0 Å². The molecule has 0 radical (unpaired) electrons. The lowest BCUT2D eigenvalue weighted by molar-refractivity contribution is 0.0310. The van der Waals surface area contributed by atoms with Crippen molar-refractivity contribution in [2.75, 3.05) is 41.0 Å². The van der Waals surface area contributed by atoms with Crippen LogP contribution in [0.1, 0.15) is 32.8 Å². The molecule has 0 unspecified atom stereocenters. The molecule has 2 N–H and O–H groups in total. The van der Waals surface area contributed by atoms with Crippen LogP contribution in [-0.4, -0.2) is 52.5 Å². The van der Waals surface area contributed by atoms with Gasteiger partial charge in [0.2, 0.25) is 0 Å². The van der Waals surface area contributed by atoms with E-state index >= 15 is 0 Å². The summed E-state index contributed by atoms with van der Waals surface area (Å²) in [6.45, 7) is 8.38. The highest BCUT2D eigenvalue weighted by Crippen LogP contribution is 2.27. The molecule has 0 saturated heterocycles. The van der Waals surface area contributed by atoms with Crippen LogP contribution in [0.15, 0.2) is 23.2 Å². The topological polar surface area (TPSA) is 64.1 Å². The number of nitrogens with one attached hydrogen (secondary N) is 2. The molecule has 0 spiro atoms. The standard InChI is InChI=1S/C19H33N3O3.HI/c1-7-20-18(22-14-19(2,3)25-6)21-12-8-9-15-10-11-16(23-4)17(13-15)24-5;/h10-11,13H,7-9,12,14H2,1-6H3,(H2,20,21,22);1H. The Morgan fingerprint density at radius 3 is 2.35 bits per heavy atom. The third-order valence-corrected chi connectivity index (χ3v) is 3.90. The van der Waals surface area contributed by atoms with Crippen LogP contribution < -0.4 is 20.1 Å². The first kappa shape index (κ1) is 24.8. The van der Waals surface area contributed by atoms with Crippen LogP contribution >= 0.6 is 24.0 Å². The number of hydrogen-bond donors (Lipinski definition) is 2. The third kappa shape index (κ3) is 8.93. The molecular weight excluding hydrogens is 445 g/mol. The van der Waals surface area contributed by atoms with Crippen molar-refractivity contribution < 1.29 is 14.2 Å². The summed E-state index contributed by atoms with van der Waals surface area (Å²) in [6, 6.07) is 6.04. The van der Waals surface area contributed by atoms with Crippen LogP contribution in [0.25, 0.3) is 0 Å². The molecule has 0 aliphatic rings. The summed E-state index contributed by atoms with van der Waals surface area (Å²) >= 11 is 0. The SMILES string of the molecule is CCNC(=NCC(C)(C)OC)NCCCc1ccc(OC)c(OC)c1.I. The van der Waals surface area contributed by atoms with Crippen molar-refractivity contribution >= 4 is 29.9 Å². The molecule has 150 valence electrons. The molecule has 0 heterocycles. The summed E-state index contributed by atoms with van der Waals surface area (Å²) in [5.41, 5.74) is 0.962. The summed E-state index contributed by atoms with van der Waals surface area (Å²) in [4.78, 5) is 4.58. The highest BCUT2D eigenvalue weighted by atomic mass is 127. The van der Waals surface area contributed by atoms with E-state index in [9.17, 15) is 0 Å². The number of methoxy groups -OCH3 is 3. The first-order valence-electron chi connectivity index (χ1n) is 8.74. The first-order valence-corrected chi connectivity index (χ1v) is 8.74. The van der Waals surface area contributed by atoms with Crippen LogP contribution in [-0.2, 0) is 11.2 Å². The second-order valence-electron chi connectivity index (χ2n) is 6.38. The summed E-state index contributed by atoms with van der Waals surface area (Å²) in [5.74, 6) is 2.34. The number of hydrogen-bond acceptors (Lipinski definition) is 4. The van der Waals surface area contributed by atoms with Crippen molar-refractivity contribution in [2.45, 2.75) is 39.2 Å². The highest BCUT2D eigenvalue weighted by molar-refractivity contribution is 14.0. The van der Waals surface area contributed by atoms with E-state index in [4.69, 9.17) is 14.2 Å². The van der Waals surface area contributed by atoms with Crippen LogP contribution in [0.3, 0.4) is 0 Å². The largest absolute Gasteiger partial charge is 0.493 e. The van der Waals surface area contributed by atoms with Crippen LogP contribution in [0.5, 0.6) is 11.5 Å². The maximum absolute atomic E-state index is 5.41. The molecule has 0 atom stereocenters. The van der Waals surface area contributed by atoms with E-state index in [2.05, 4.69) is 28.6 Å². The lowest BCUT2D eigenvalue weighted by Gasteiger charge is -2.21. The molecule has 0 saturated carbocycles. The van der Waals surface area contributed by atoms with E-state index in [0.29, 0.717) is 6.54 Å². The number of halogens is 1. The minimum absolute atomic E-state index is 0. The molecular formula is C19H34IN3O3. The van der Waals surface area contributed by atoms with Gasteiger partial charge >= 0.3 is 0 Å². The Morgan fingerprint density at radius 1 is 1.08 bits per heavy atom. The normalized spacial score (nSPS) is 11.5. The fraction of sp³-hybridized carbons (Fsp3) is 0.632. The minimum Gasteiger partial charge on any atom is -0.493 e. The zero-order chi connectivity index (χ0) is 18.7. The molecule has 26 heavy (non-hydrogen) atoms. The second-order valence-corrected chi connectivity index (χ2v) is 6.38. The molecule has 0 fully saturated rings. The van der Waals surface area contributed by atoms with Gasteiger partial charge in [0.15, 0.2) is 17.5 Å². The average Bonchev–Trinajstić information content (AvgIpc) is 2.62. The lowest BCUT2D eigenvalue weighted by atomic mass is 10.1. The Morgan fingerprint density at radius 2 is 1.77 bits per heavy atom. The molecule has 6 nitrogen and oxygen atoms in total. The van der Waals surface area contributed by atoms with E-state index in [1.807, 2.05) is 26.0 Å². The van der Waals surface area contributed by atoms with Gasteiger partial charge in [-0.15, -0.1) is 24.0 Å². The monoisotopic (exact) mass is 479 g/mol. The van der Waals surface area contributed by atoms with Gasteiger partial charge in [0.05, 0.1) is 26.4 Å². The van der Waals surface area contributed by atoms with E-state index in [0.717, 1.165) is 43.4 Å². The number of ether oxygens (including phenoxy) is 3. The summed E-state index contributed by atoms with van der Waals surface area (Å²) in [5, 5.41) is 6.62. The predicted molar refractivity (Wildman–Crippen MR) is 118 cm³/mol. The minimum atomic E-state index is -0.262. The molecule has 0 amide bonds. The van der Waals surface area contributed by atoms with Gasteiger partial charge in [-0.05, 0) is 51.3 Å². The van der Waals surface area contributed by atoms with Gasteiger partial charge in [-0.1, -0.05) is 6.07 Å². The number of aliphatic imine (C=N–C) groups is 1. The van der Waals surface area contributed by atoms with Crippen LogP contribution in [0.2, 0.25) is 0 Å². The first-order chi connectivity index (χ1) is 12.0. The second kappa shape index (κ2) is 13.0. The zero-order valence-corrected chi connectivity index (χ0v) is 19.2. The molecule has 0 aliphatic heterocycles. The highest BCUT2D eigenvalue weighted by Gasteiger charge is 2.15. The van der Waals surface area contributed by atoms with Crippen molar-refractivity contribution in [2.24, 2.45) is 4.99 Å². The molecule has 7 heteroatoms. The Labute approximate surface area is 175 Å². The predicted octanol–water partition coefficient (Wildman–Crippen LogP) is 3.23. The lowest BCUT2D eigenvalue weighted by Crippen LogP contribution is -2.39. The molecule has 0 bridgehead atoms. The average molecular weight is 479 g/mol. The maximum atomic E-state index is 5.41. The van der Waals surface area contributed by atoms with E-state index in [1.165, 1.54) is 5.56 Å². The van der Waals surface area contributed by atoms with Gasteiger partial charge in [0, 0.05) is 20.2 Å². The summed E-state index contributed by atoms with van der Waals surface area (Å²) < 4.78 is 16.0. The Hall–Kier alpha value is -1.22. The smallest absolute Gasteiger partial charge is 0.191 e. The van der Waals surface area contributed by atoms with Crippen molar-refractivity contribution in [1.29, 1.82) is 0 Å². The zero-order valence-electron chi connectivity index (χ0n) is 16.8. The van der Waals surface area contributed by atoms with Gasteiger partial charge in [-0.3, -0.25) is 4.99 Å². The molecule has 0 aromatic heterocycles. The van der Waals surface area contributed by atoms with Crippen molar-refractivity contribution in [3.8, 4) is 11.5 Å². The number of rotatable bonds is 10. The van der Waals surface area contributed by atoms with Crippen LogP contribution in [0, 0.1) is 0 Å². The Bertz CT molecular complexity index is 551. The maximum Gasteiger partial charge on any atom is 0.191 e. The fourth-order valence-electron chi connectivity index (χ4n) is 2.21. The van der Waals surface area contributed by atoms with Gasteiger partial charge in [-0.25, -0.2) is 0 Å². The van der Waals surface area contributed by atoms with Gasteiger partial charge < -0.3 is 24.8 Å². The van der Waals surface area contributed by atoms with Crippen molar-refractivity contribution in [1.82, 2.24) is 10.6 Å². The Balaban J connectivity index is 0.00000625. The summed E-state index contributed by atoms with van der Waals surface area (Å²) in [6.07, 6.45) is 1.95. The Kier molecular flexibility index (Phi) is 12.4. The van der Waals surface area contributed by atoms with Crippen LogP contribution in [0.4, 0.5) is 0 Å². The fourth-order valence-corrected chi connectivity index (χ4v) is 2.21. The van der Waals surface area contributed by atoms with E-state index in [-0.39, 0.29) is 29.6 Å². The number of guanidine groups is 1.